The number of amides is 1. The topological polar surface area (TPSA) is 140 Å². The highest BCUT2D eigenvalue weighted by Gasteiger charge is 2.20. The quantitative estimate of drug-likeness (QED) is 0.416. The molecule has 0 fully saturated rings. The van der Waals surface area contributed by atoms with Gasteiger partial charge in [0.15, 0.2) is 0 Å². The van der Waals surface area contributed by atoms with E-state index < -0.39 is 0 Å². The SMILES string of the molecule is CCc1nc2ncc(C)cn2c1C(=O)NCc1coc(-c2nc3n(n2)CCNNC3)n1. The molecule has 0 radical (unpaired) electrons. The molecule has 5 heterocycles. The number of oxazole rings is 1. The predicted octanol–water partition coefficient (Wildman–Crippen LogP) is 0.384. The maximum atomic E-state index is 12.9. The second-order valence-electron chi connectivity index (χ2n) is 7.24. The van der Waals surface area contributed by atoms with Gasteiger partial charge in [-0.2, -0.15) is 0 Å². The number of fused-ring (bicyclic) bond motifs is 2. The van der Waals surface area contributed by atoms with Crippen LogP contribution in [0, 0.1) is 6.92 Å². The molecule has 3 N–H and O–H groups in total. The summed E-state index contributed by atoms with van der Waals surface area (Å²) in [5.41, 5.74) is 8.83. The Morgan fingerprint density at radius 2 is 2.19 bits per heavy atom. The minimum Gasteiger partial charge on any atom is -0.442 e. The zero-order valence-corrected chi connectivity index (χ0v) is 17.2. The molecule has 4 aromatic heterocycles. The lowest BCUT2D eigenvalue weighted by Crippen LogP contribution is -2.30. The maximum absolute atomic E-state index is 12.9. The number of carbonyl (C=O) groups excluding carboxylic acids is 1. The fourth-order valence-corrected chi connectivity index (χ4v) is 3.48. The van der Waals surface area contributed by atoms with Gasteiger partial charge in [0, 0.05) is 18.9 Å². The van der Waals surface area contributed by atoms with Crippen LogP contribution in [0.4, 0.5) is 0 Å². The van der Waals surface area contributed by atoms with Crippen molar-refractivity contribution in [2.45, 2.75) is 39.9 Å². The van der Waals surface area contributed by atoms with E-state index in [0.29, 0.717) is 54.1 Å². The van der Waals surface area contributed by atoms with Crippen molar-refractivity contribution in [3.8, 4) is 11.7 Å². The Labute approximate surface area is 177 Å². The first-order chi connectivity index (χ1) is 15.1. The Balaban J connectivity index is 1.32. The molecule has 0 aliphatic carbocycles. The van der Waals surface area contributed by atoms with Crippen molar-refractivity contribution in [1.82, 2.24) is 50.3 Å². The molecule has 4 aromatic rings. The summed E-state index contributed by atoms with van der Waals surface area (Å²) < 4.78 is 9.09. The van der Waals surface area contributed by atoms with E-state index in [0.717, 1.165) is 17.9 Å². The predicted molar refractivity (Wildman–Crippen MR) is 109 cm³/mol. The summed E-state index contributed by atoms with van der Waals surface area (Å²) in [5.74, 6) is 1.81. The first-order valence-electron chi connectivity index (χ1n) is 10.1. The molecule has 12 nitrogen and oxygen atoms in total. The Hall–Kier alpha value is -3.64. The average Bonchev–Trinajstić information content (AvgIpc) is 3.45. The van der Waals surface area contributed by atoms with E-state index in [4.69, 9.17) is 4.42 Å². The van der Waals surface area contributed by atoms with Crippen molar-refractivity contribution in [3.63, 3.8) is 0 Å². The van der Waals surface area contributed by atoms with Gasteiger partial charge >= 0.3 is 0 Å². The number of carbonyl (C=O) groups is 1. The summed E-state index contributed by atoms with van der Waals surface area (Å²) in [4.78, 5) is 30.6. The van der Waals surface area contributed by atoms with Crippen LogP contribution in [0.3, 0.4) is 0 Å². The third-order valence-electron chi connectivity index (χ3n) is 4.97. The van der Waals surface area contributed by atoms with Gasteiger partial charge < -0.3 is 9.73 Å². The molecule has 12 heteroatoms. The number of aromatic nitrogens is 7. The van der Waals surface area contributed by atoms with Crippen LogP contribution >= 0.6 is 0 Å². The van der Waals surface area contributed by atoms with Crippen molar-refractivity contribution in [2.75, 3.05) is 6.54 Å². The molecule has 31 heavy (non-hydrogen) atoms. The second-order valence-corrected chi connectivity index (χ2v) is 7.24. The number of hydrogen-bond acceptors (Lipinski definition) is 9. The molecule has 1 aliphatic heterocycles. The van der Waals surface area contributed by atoms with E-state index in [-0.39, 0.29) is 12.5 Å². The molecule has 0 atom stereocenters. The Kier molecular flexibility index (Phi) is 4.92. The summed E-state index contributed by atoms with van der Waals surface area (Å²) in [6.45, 7) is 6.09. The third kappa shape index (κ3) is 3.66. The molecule has 0 saturated heterocycles. The van der Waals surface area contributed by atoms with Gasteiger partial charge in [-0.15, -0.1) is 5.10 Å². The van der Waals surface area contributed by atoms with E-state index in [1.807, 2.05) is 24.7 Å². The molecule has 0 saturated carbocycles. The van der Waals surface area contributed by atoms with Crippen molar-refractivity contribution in [1.29, 1.82) is 0 Å². The van der Waals surface area contributed by atoms with Crippen LogP contribution in [0.1, 0.15) is 40.2 Å². The van der Waals surface area contributed by atoms with Crippen molar-refractivity contribution < 1.29 is 9.21 Å². The monoisotopic (exact) mass is 422 g/mol. The van der Waals surface area contributed by atoms with Gasteiger partial charge in [-0.25, -0.2) is 24.6 Å². The van der Waals surface area contributed by atoms with Crippen molar-refractivity contribution >= 4 is 11.7 Å². The molecule has 1 aliphatic rings. The van der Waals surface area contributed by atoms with Gasteiger partial charge in [0.05, 0.1) is 31.0 Å². The van der Waals surface area contributed by atoms with Crippen LogP contribution in [-0.2, 0) is 26.1 Å². The summed E-state index contributed by atoms with van der Waals surface area (Å²) >= 11 is 0. The lowest BCUT2D eigenvalue weighted by Gasteiger charge is -2.05. The Morgan fingerprint density at radius 1 is 1.29 bits per heavy atom. The molecule has 160 valence electrons. The molecule has 0 spiro atoms. The minimum absolute atomic E-state index is 0.205. The highest BCUT2D eigenvalue weighted by atomic mass is 16.3. The lowest BCUT2D eigenvalue weighted by atomic mass is 10.2. The highest BCUT2D eigenvalue weighted by Crippen LogP contribution is 2.17. The number of nitrogens with zero attached hydrogens (tertiary/aromatic N) is 7. The van der Waals surface area contributed by atoms with Crippen LogP contribution < -0.4 is 16.2 Å². The normalized spacial score (nSPS) is 13.9. The number of hydrogen-bond donors (Lipinski definition) is 3. The standard InChI is InChI=1S/C19H22N10O2/c1-3-13-15(28-9-11(2)6-21-19(28)25-13)17(30)20-7-12-10-31-18(24-12)16-26-14-8-23-22-4-5-29(14)27-16/h6,9-10,22-23H,3-5,7-8H2,1-2H3,(H,20,30). The summed E-state index contributed by atoms with van der Waals surface area (Å²) in [6.07, 6.45) is 5.72. The zero-order chi connectivity index (χ0) is 21.4. The van der Waals surface area contributed by atoms with Crippen LogP contribution in [0.15, 0.2) is 23.1 Å². The Bertz CT molecular complexity index is 1230. The number of aryl methyl sites for hydroxylation is 2. The van der Waals surface area contributed by atoms with Crippen LogP contribution in [-0.4, -0.2) is 46.6 Å². The van der Waals surface area contributed by atoms with E-state index >= 15 is 0 Å². The van der Waals surface area contributed by atoms with Crippen LogP contribution in [0.5, 0.6) is 0 Å². The molecular weight excluding hydrogens is 400 g/mol. The summed E-state index contributed by atoms with van der Waals surface area (Å²) in [7, 11) is 0. The first kappa shape index (κ1) is 19.3. The fraction of sp³-hybridized carbons (Fsp3) is 0.368. The van der Waals surface area contributed by atoms with Gasteiger partial charge in [0.2, 0.25) is 11.6 Å². The summed E-state index contributed by atoms with van der Waals surface area (Å²) in [5, 5.41) is 7.35. The van der Waals surface area contributed by atoms with E-state index in [1.165, 1.54) is 6.26 Å². The largest absolute Gasteiger partial charge is 0.442 e. The summed E-state index contributed by atoms with van der Waals surface area (Å²) in [6, 6.07) is 0. The lowest BCUT2D eigenvalue weighted by molar-refractivity contribution is 0.0943. The van der Waals surface area contributed by atoms with Gasteiger partial charge in [-0.3, -0.25) is 20.0 Å². The van der Waals surface area contributed by atoms with Gasteiger partial charge in [0.1, 0.15) is 17.8 Å². The molecule has 0 bridgehead atoms. The van der Waals surface area contributed by atoms with E-state index in [9.17, 15) is 4.79 Å². The molecule has 0 unspecified atom stereocenters. The Morgan fingerprint density at radius 3 is 3.06 bits per heavy atom. The van der Waals surface area contributed by atoms with Crippen molar-refractivity contribution in [3.05, 3.63) is 47.1 Å². The van der Waals surface area contributed by atoms with Crippen LogP contribution in [0.25, 0.3) is 17.5 Å². The number of rotatable bonds is 5. The number of hydrazine groups is 1. The van der Waals surface area contributed by atoms with Gasteiger partial charge in [0.25, 0.3) is 11.8 Å². The molecule has 5 rings (SSSR count). The maximum Gasteiger partial charge on any atom is 0.270 e. The number of imidazole rings is 1. The van der Waals surface area contributed by atoms with Crippen molar-refractivity contribution in [2.24, 2.45) is 0 Å². The second kappa shape index (κ2) is 7.89. The van der Waals surface area contributed by atoms with Crippen LogP contribution in [0.2, 0.25) is 0 Å². The molecule has 1 amide bonds. The zero-order valence-electron chi connectivity index (χ0n) is 17.2. The van der Waals surface area contributed by atoms with Gasteiger partial charge in [-0.05, 0) is 18.9 Å². The smallest absolute Gasteiger partial charge is 0.270 e. The average molecular weight is 422 g/mol. The first-order valence-corrected chi connectivity index (χ1v) is 10.1. The van der Waals surface area contributed by atoms with E-state index in [1.54, 1.807) is 10.6 Å². The molecular formula is C19H22N10O2. The third-order valence-corrected chi connectivity index (χ3v) is 4.97. The number of nitrogens with one attached hydrogen (secondary N) is 3. The molecule has 0 aromatic carbocycles. The highest BCUT2D eigenvalue weighted by molar-refractivity contribution is 5.94. The fourth-order valence-electron chi connectivity index (χ4n) is 3.48. The van der Waals surface area contributed by atoms with Gasteiger partial charge in [-0.1, -0.05) is 6.92 Å². The minimum atomic E-state index is -0.244. The van der Waals surface area contributed by atoms with E-state index in [2.05, 4.69) is 41.2 Å².